The van der Waals surface area contributed by atoms with Gasteiger partial charge in [-0.2, -0.15) is 5.26 Å². The molecule has 0 atom stereocenters. The first-order valence-corrected chi connectivity index (χ1v) is 6.31. The van der Waals surface area contributed by atoms with Crippen LogP contribution >= 0.6 is 11.8 Å². The van der Waals surface area contributed by atoms with Crippen molar-refractivity contribution in [2.24, 2.45) is 0 Å². The van der Waals surface area contributed by atoms with Gasteiger partial charge in [0.1, 0.15) is 11.1 Å². The summed E-state index contributed by atoms with van der Waals surface area (Å²) in [5.41, 5.74) is 1.08. The highest BCUT2D eigenvalue weighted by Crippen LogP contribution is 2.46. The highest BCUT2D eigenvalue weighted by Gasteiger charge is 2.29. The Morgan fingerprint density at radius 2 is 2.22 bits per heavy atom. The Balaban J connectivity index is 2.53. The molecule has 1 aliphatic rings. The zero-order valence-corrected chi connectivity index (χ0v) is 11.0. The van der Waals surface area contributed by atoms with E-state index < -0.39 is 5.97 Å². The summed E-state index contributed by atoms with van der Waals surface area (Å²) in [6.45, 7) is 2.68. The van der Waals surface area contributed by atoms with Crippen LogP contribution in [0.3, 0.4) is 0 Å². The van der Waals surface area contributed by atoms with E-state index >= 15 is 0 Å². The molecular weight excluding hydrogens is 248 g/mol. The predicted octanol–water partition coefficient (Wildman–Crippen LogP) is 2.53. The SMILES string of the molecule is CCN1/C(=C(/C#N)C(=O)OC)Sc2ccccc21. The van der Waals surface area contributed by atoms with E-state index in [9.17, 15) is 4.79 Å². The number of benzene rings is 1. The molecule has 0 spiro atoms. The molecular formula is C13H12N2O2S. The van der Waals surface area contributed by atoms with Crippen LogP contribution in [0.5, 0.6) is 0 Å². The molecule has 0 amide bonds. The van der Waals surface area contributed by atoms with Crippen LogP contribution in [0.4, 0.5) is 5.69 Å². The summed E-state index contributed by atoms with van der Waals surface area (Å²) in [5.74, 6) is -0.591. The molecule has 0 unspecified atom stereocenters. The van der Waals surface area contributed by atoms with Crippen molar-refractivity contribution < 1.29 is 9.53 Å². The number of carbonyl (C=O) groups excluding carboxylic acids is 1. The van der Waals surface area contributed by atoms with Gasteiger partial charge in [-0.25, -0.2) is 4.79 Å². The number of nitriles is 1. The minimum Gasteiger partial charge on any atom is -0.465 e. The van der Waals surface area contributed by atoms with Crippen molar-refractivity contribution >= 4 is 23.4 Å². The van der Waals surface area contributed by atoms with E-state index in [4.69, 9.17) is 5.26 Å². The van der Waals surface area contributed by atoms with Gasteiger partial charge < -0.3 is 9.64 Å². The highest BCUT2D eigenvalue weighted by atomic mass is 32.2. The van der Waals surface area contributed by atoms with E-state index in [1.165, 1.54) is 18.9 Å². The van der Waals surface area contributed by atoms with Gasteiger partial charge in [-0.3, -0.25) is 0 Å². The van der Waals surface area contributed by atoms with E-state index in [1.54, 1.807) is 0 Å². The summed E-state index contributed by atoms with van der Waals surface area (Å²) >= 11 is 1.43. The molecule has 1 aromatic rings. The molecule has 5 heteroatoms. The van der Waals surface area contributed by atoms with Gasteiger partial charge in [0.15, 0.2) is 5.57 Å². The molecule has 0 bridgehead atoms. The molecule has 92 valence electrons. The van der Waals surface area contributed by atoms with E-state index in [0.29, 0.717) is 11.6 Å². The van der Waals surface area contributed by atoms with E-state index in [-0.39, 0.29) is 5.57 Å². The second-order valence-electron chi connectivity index (χ2n) is 3.60. The first-order valence-electron chi connectivity index (χ1n) is 5.50. The van der Waals surface area contributed by atoms with Crippen molar-refractivity contribution in [3.8, 4) is 6.07 Å². The number of rotatable bonds is 2. The van der Waals surface area contributed by atoms with Gasteiger partial charge in [-0.05, 0) is 19.1 Å². The van der Waals surface area contributed by atoms with Gasteiger partial charge in [-0.15, -0.1) is 0 Å². The van der Waals surface area contributed by atoms with Crippen LogP contribution in [0, 0.1) is 11.3 Å². The quantitative estimate of drug-likeness (QED) is 0.464. The van der Waals surface area contributed by atoms with Crippen molar-refractivity contribution in [2.45, 2.75) is 11.8 Å². The fraction of sp³-hybridized carbons (Fsp3) is 0.231. The average molecular weight is 260 g/mol. The number of esters is 1. The number of para-hydroxylation sites is 1. The first-order chi connectivity index (χ1) is 8.72. The number of hydrogen-bond donors (Lipinski definition) is 0. The summed E-state index contributed by atoms with van der Waals surface area (Å²) in [4.78, 5) is 14.6. The zero-order chi connectivity index (χ0) is 13.1. The number of fused-ring (bicyclic) bond motifs is 1. The molecule has 0 aliphatic carbocycles. The first kappa shape index (κ1) is 12.5. The number of hydrogen-bond acceptors (Lipinski definition) is 5. The Kier molecular flexibility index (Phi) is 3.58. The number of methoxy groups -OCH3 is 1. The zero-order valence-electron chi connectivity index (χ0n) is 10.1. The van der Waals surface area contributed by atoms with Gasteiger partial charge >= 0.3 is 5.97 Å². The lowest BCUT2D eigenvalue weighted by Crippen LogP contribution is -2.20. The fourth-order valence-corrected chi connectivity index (χ4v) is 3.02. The highest BCUT2D eigenvalue weighted by molar-refractivity contribution is 8.03. The molecule has 2 rings (SSSR count). The number of anilines is 1. The molecule has 0 aromatic heterocycles. The standard InChI is InChI=1S/C13H12N2O2S/c1-3-15-10-6-4-5-7-11(10)18-12(15)9(8-14)13(16)17-2/h4-7H,3H2,1-2H3/b12-9+. The lowest BCUT2D eigenvalue weighted by Gasteiger charge is -2.18. The molecule has 1 aliphatic heterocycles. The van der Waals surface area contributed by atoms with Crippen LogP contribution in [0.25, 0.3) is 0 Å². The third-order valence-electron chi connectivity index (χ3n) is 2.64. The average Bonchev–Trinajstić information content (AvgIpc) is 2.77. The molecule has 0 N–H and O–H groups in total. The van der Waals surface area contributed by atoms with Gasteiger partial charge in [0, 0.05) is 11.4 Å². The van der Waals surface area contributed by atoms with Crippen molar-refractivity contribution in [3.05, 3.63) is 34.9 Å². The Morgan fingerprint density at radius 3 is 2.83 bits per heavy atom. The number of thioether (sulfide) groups is 1. The monoisotopic (exact) mass is 260 g/mol. The van der Waals surface area contributed by atoms with Crippen molar-refractivity contribution in [1.82, 2.24) is 0 Å². The van der Waals surface area contributed by atoms with Crippen molar-refractivity contribution in [1.29, 1.82) is 5.26 Å². The van der Waals surface area contributed by atoms with E-state index in [0.717, 1.165) is 10.6 Å². The normalized spacial score (nSPS) is 15.9. The minimum absolute atomic E-state index is 0.0561. The van der Waals surface area contributed by atoms with Crippen LogP contribution in [0.15, 0.2) is 39.8 Å². The maximum atomic E-state index is 11.6. The molecule has 0 saturated heterocycles. The second kappa shape index (κ2) is 5.15. The van der Waals surface area contributed by atoms with Crippen LogP contribution in [-0.4, -0.2) is 19.6 Å². The van der Waals surface area contributed by atoms with Gasteiger partial charge in [-0.1, -0.05) is 23.9 Å². The molecule has 0 fully saturated rings. The molecule has 4 nitrogen and oxygen atoms in total. The number of carbonyl (C=O) groups is 1. The summed E-state index contributed by atoms with van der Waals surface area (Å²) in [5, 5.41) is 9.78. The summed E-state index contributed by atoms with van der Waals surface area (Å²) < 4.78 is 4.65. The van der Waals surface area contributed by atoms with Crippen LogP contribution in [-0.2, 0) is 9.53 Å². The van der Waals surface area contributed by atoms with Crippen LogP contribution in [0.1, 0.15) is 6.92 Å². The van der Waals surface area contributed by atoms with Crippen molar-refractivity contribution in [3.63, 3.8) is 0 Å². The minimum atomic E-state index is -0.591. The third-order valence-corrected chi connectivity index (χ3v) is 3.82. The predicted molar refractivity (Wildman–Crippen MR) is 70.0 cm³/mol. The number of nitrogens with zero attached hydrogens (tertiary/aromatic N) is 2. The summed E-state index contributed by atoms with van der Waals surface area (Å²) in [7, 11) is 1.28. The summed E-state index contributed by atoms with van der Waals surface area (Å²) in [6.07, 6.45) is 0. The van der Waals surface area contributed by atoms with Crippen molar-refractivity contribution in [2.75, 3.05) is 18.6 Å². The Bertz CT molecular complexity index is 560. The fourth-order valence-electron chi connectivity index (χ4n) is 1.82. The van der Waals surface area contributed by atoms with Gasteiger partial charge in [0.05, 0.1) is 12.8 Å². The molecule has 0 radical (unpaired) electrons. The van der Waals surface area contributed by atoms with E-state index in [2.05, 4.69) is 4.74 Å². The maximum Gasteiger partial charge on any atom is 0.351 e. The molecule has 1 aromatic carbocycles. The lowest BCUT2D eigenvalue weighted by molar-refractivity contribution is -0.135. The Morgan fingerprint density at radius 1 is 1.50 bits per heavy atom. The third kappa shape index (κ3) is 1.95. The molecule has 0 saturated carbocycles. The number of ether oxygens (including phenoxy) is 1. The van der Waals surface area contributed by atoms with E-state index in [1.807, 2.05) is 42.2 Å². The molecule has 18 heavy (non-hydrogen) atoms. The van der Waals surface area contributed by atoms with Gasteiger partial charge in [0.2, 0.25) is 0 Å². The topological polar surface area (TPSA) is 53.3 Å². The maximum absolute atomic E-state index is 11.6. The largest absolute Gasteiger partial charge is 0.465 e. The Hall–Kier alpha value is -1.93. The molecule has 1 heterocycles. The summed E-state index contributed by atoms with van der Waals surface area (Å²) in [6, 6.07) is 9.76. The smallest absolute Gasteiger partial charge is 0.351 e. The Labute approximate surface area is 110 Å². The lowest BCUT2D eigenvalue weighted by atomic mass is 10.2. The van der Waals surface area contributed by atoms with Gasteiger partial charge in [0.25, 0.3) is 0 Å². The van der Waals surface area contributed by atoms with Crippen LogP contribution < -0.4 is 4.90 Å². The second-order valence-corrected chi connectivity index (χ2v) is 4.63. The van der Waals surface area contributed by atoms with Crippen LogP contribution in [0.2, 0.25) is 0 Å².